The van der Waals surface area contributed by atoms with E-state index in [0.29, 0.717) is 13.1 Å². The molecule has 0 aliphatic rings. The van der Waals surface area contributed by atoms with Gasteiger partial charge in [-0.25, -0.2) is 4.99 Å². The van der Waals surface area contributed by atoms with E-state index in [2.05, 4.69) is 64.8 Å². The Morgan fingerprint density at radius 2 is 1.96 bits per heavy atom. The van der Waals surface area contributed by atoms with Crippen molar-refractivity contribution in [2.45, 2.75) is 40.8 Å². The first-order valence-electron chi connectivity index (χ1n) is 7.94. The second kappa shape index (κ2) is 7.76. The minimum Gasteiger partial charge on any atom is -0.357 e. The minimum atomic E-state index is 0.593. The van der Waals surface area contributed by atoms with Crippen LogP contribution in [0.4, 0.5) is 0 Å². The molecule has 0 atom stereocenters. The first kappa shape index (κ1) is 17.0. The molecule has 0 bridgehead atoms. The molecule has 0 saturated heterocycles. The summed E-state index contributed by atoms with van der Waals surface area (Å²) >= 11 is 0. The number of guanidine groups is 1. The lowest BCUT2D eigenvalue weighted by Gasteiger charge is -2.12. The van der Waals surface area contributed by atoms with Crippen molar-refractivity contribution in [2.75, 3.05) is 6.54 Å². The number of hydrogen-bond acceptors (Lipinski definition) is 3. The summed E-state index contributed by atoms with van der Waals surface area (Å²) in [6, 6.07) is 6.46. The summed E-state index contributed by atoms with van der Waals surface area (Å²) in [5.74, 6) is 2.58. The predicted octanol–water partition coefficient (Wildman–Crippen LogP) is 2.00. The Labute approximate surface area is 138 Å². The van der Waals surface area contributed by atoms with Gasteiger partial charge in [0, 0.05) is 13.6 Å². The van der Waals surface area contributed by atoms with Gasteiger partial charge in [0.15, 0.2) is 11.8 Å². The zero-order valence-electron chi connectivity index (χ0n) is 14.6. The number of aryl methyl sites for hydroxylation is 3. The van der Waals surface area contributed by atoms with E-state index in [9.17, 15) is 0 Å². The highest BCUT2D eigenvalue weighted by atomic mass is 15.3. The minimum absolute atomic E-state index is 0.593. The monoisotopic (exact) mass is 314 g/mol. The summed E-state index contributed by atoms with van der Waals surface area (Å²) < 4.78 is 1.97. The molecule has 0 radical (unpaired) electrons. The highest BCUT2D eigenvalue weighted by molar-refractivity contribution is 5.79. The van der Waals surface area contributed by atoms with Gasteiger partial charge >= 0.3 is 0 Å². The molecule has 2 N–H and O–H groups in total. The third kappa shape index (κ3) is 4.55. The molecule has 2 aromatic rings. The fourth-order valence-corrected chi connectivity index (χ4v) is 2.30. The summed E-state index contributed by atoms with van der Waals surface area (Å²) in [5, 5.41) is 14.8. The molecule has 1 aromatic carbocycles. The summed E-state index contributed by atoms with van der Waals surface area (Å²) in [6.45, 7) is 10.3. The van der Waals surface area contributed by atoms with Gasteiger partial charge < -0.3 is 15.2 Å². The molecule has 124 valence electrons. The normalized spacial score (nSPS) is 11.6. The summed E-state index contributed by atoms with van der Waals surface area (Å²) in [5.41, 5.74) is 3.79. The second-order valence-corrected chi connectivity index (χ2v) is 5.70. The first-order chi connectivity index (χ1) is 11.0. The van der Waals surface area contributed by atoms with E-state index in [1.54, 1.807) is 0 Å². The maximum atomic E-state index is 4.66. The molecule has 1 heterocycles. The van der Waals surface area contributed by atoms with Gasteiger partial charge in [-0.2, -0.15) is 0 Å². The predicted molar refractivity (Wildman–Crippen MR) is 93.3 cm³/mol. The molecule has 6 heteroatoms. The highest BCUT2D eigenvalue weighted by Gasteiger charge is 2.06. The molecule has 0 amide bonds. The van der Waals surface area contributed by atoms with E-state index in [-0.39, 0.29) is 0 Å². The number of aliphatic imine (C=N–C) groups is 1. The molecule has 0 fully saturated rings. The highest BCUT2D eigenvalue weighted by Crippen LogP contribution is 2.11. The average Bonchev–Trinajstić information content (AvgIpc) is 2.83. The van der Waals surface area contributed by atoms with Gasteiger partial charge in [-0.15, -0.1) is 10.2 Å². The van der Waals surface area contributed by atoms with Crippen molar-refractivity contribution < 1.29 is 0 Å². The van der Waals surface area contributed by atoms with Crippen LogP contribution >= 0.6 is 0 Å². The number of aromatic nitrogens is 3. The first-order valence-corrected chi connectivity index (χ1v) is 7.94. The Kier molecular flexibility index (Phi) is 5.73. The van der Waals surface area contributed by atoms with Crippen LogP contribution in [0.1, 0.15) is 35.3 Å². The fraction of sp³-hybridized carbons (Fsp3) is 0.471. The quantitative estimate of drug-likeness (QED) is 0.654. The van der Waals surface area contributed by atoms with Crippen LogP contribution in [-0.2, 0) is 20.1 Å². The molecule has 0 unspecified atom stereocenters. The van der Waals surface area contributed by atoms with Crippen molar-refractivity contribution in [3.05, 3.63) is 46.5 Å². The SMILES string of the molecule is CCNC(=NCc1ccc(C)cc1C)NCc1nnc(C)n1C. The lowest BCUT2D eigenvalue weighted by atomic mass is 10.1. The van der Waals surface area contributed by atoms with Crippen molar-refractivity contribution >= 4 is 5.96 Å². The second-order valence-electron chi connectivity index (χ2n) is 5.70. The third-order valence-electron chi connectivity index (χ3n) is 3.85. The smallest absolute Gasteiger partial charge is 0.191 e. The third-order valence-corrected chi connectivity index (χ3v) is 3.85. The Morgan fingerprint density at radius 3 is 2.57 bits per heavy atom. The van der Waals surface area contributed by atoms with Gasteiger partial charge in [0.1, 0.15) is 5.82 Å². The van der Waals surface area contributed by atoms with E-state index in [0.717, 1.165) is 24.2 Å². The number of hydrogen-bond donors (Lipinski definition) is 2. The average molecular weight is 314 g/mol. The summed E-state index contributed by atoms with van der Waals surface area (Å²) in [4.78, 5) is 4.66. The Balaban J connectivity index is 2.03. The van der Waals surface area contributed by atoms with Gasteiger partial charge in [0.05, 0.1) is 13.1 Å². The van der Waals surface area contributed by atoms with Crippen molar-refractivity contribution in [3.8, 4) is 0 Å². The van der Waals surface area contributed by atoms with Crippen LogP contribution in [0.15, 0.2) is 23.2 Å². The maximum absolute atomic E-state index is 4.66. The van der Waals surface area contributed by atoms with Crippen LogP contribution in [0.2, 0.25) is 0 Å². The van der Waals surface area contributed by atoms with Gasteiger partial charge in [-0.3, -0.25) is 0 Å². The molecular weight excluding hydrogens is 288 g/mol. The zero-order valence-corrected chi connectivity index (χ0v) is 14.6. The summed E-state index contributed by atoms with van der Waals surface area (Å²) in [7, 11) is 1.96. The van der Waals surface area contributed by atoms with Gasteiger partial charge in [-0.05, 0) is 38.8 Å². The number of nitrogens with zero attached hydrogens (tertiary/aromatic N) is 4. The molecule has 6 nitrogen and oxygen atoms in total. The molecular formula is C17H26N6. The van der Waals surface area contributed by atoms with Crippen LogP contribution < -0.4 is 10.6 Å². The molecule has 0 saturated carbocycles. The molecule has 0 spiro atoms. The van der Waals surface area contributed by atoms with E-state index in [4.69, 9.17) is 0 Å². The molecule has 0 aliphatic heterocycles. The van der Waals surface area contributed by atoms with Gasteiger partial charge in [0.2, 0.25) is 0 Å². The lowest BCUT2D eigenvalue weighted by Crippen LogP contribution is -2.37. The van der Waals surface area contributed by atoms with Crippen molar-refractivity contribution in [3.63, 3.8) is 0 Å². The van der Waals surface area contributed by atoms with Gasteiger partial charge in [-0.1, -0.05) is 23.8 Å². The standard InChI is InChI=1S/C17H26N6/c1-6-18-17(20-11-16-22-21-14(4)23(16)5)19-10-15-8-7-12(2)9-13(15)3/h7-9H,6,10-11H2,1-5H3,(H2,18,19,20). The van der Waals surface area contributed by atoms with Crippen molar-refractivity contribution in [2.24, 2.45) is 12.0 Å². The Morgan fingerprint density at radius 1 is 1.17 bits per heavy atom. The Hall–Kier alpha value is -2.37. The van der Waals surface area contributed by atoms with E-state index in [1.165, 1.54) is 16.7 Å². The number of rotatable bonds is 5. The number of benzene rings is 1. The molecule has 1 aromatic heterocycles. The topological polar surface area (TPSA) is 67.1 Å². The maximum Gasteiger partial charge on any atom is 0.191 e. The summed E-state index contributed by atoms with van der Waals surface area (Å²) in [6.07, 6.45) is 0. The van der Waals surface area contributed by atoms with Crippen LogP contribution in [-0.4, -0.2) is 27.3 Å². The zero-order chi connectivity index (χ0) is 16.8. The molecule has 23 heavy (non-hydrogen) atoms. The number of nitrogens with one attached hydrogen (secondary N) is 2. The molecule has 2 rings (SSSR count). The van der Waals surface area contributed by atoms with Crippen LogP contribution in [0.25, 0.3) is 0 Å². The van der Waals surface area contributed by atoms with E-state index >= 15 is 0 Å². The van der Waals surface area contributed by atoms with Gasteiger partial charge in [0.25, 0.3) is 0 Å². The van der Waals surface area contributed by atoms with Crippen LogP contribution in [0.3, 0.4) is 0 Å². The lowest BCUT2D eigenvalue weighted by molar-refractivity contribution is 0.718. The van der Waals surface area contributed by atoms with Crippen molar-refractivity contribution in [1.82, 2.24) is 25.4 Å². The van der Waals surface area contributed by atoms with E-state index < -0.39 is 0 Å². The van der Waals surface area contributed by atoms with Crippen LogP contribution in [0.5, 0.6) is 0 Å². The van der Waals surface area contributed by atoms with E-state index in [1.807, 2.05) is 18.5 Å². The Bertz CT molecular complexity index is 686. The van der Waals surface area contributed by atoms with Crippen molar-refractivity contribution in [1.29, 1.82) is 0 Å². The van der Waals surface area contributed by atoms with Crippen LogP contribution in [0, 0.1) is 20.8 Å². The fourth-order valence-electron chi connectivity index (χ4n) is 2.30. The molecule has 0 aliphatic carbocycles. The largest absolute Gasteiger partial charge is 0.357 e.